The summed E-state index contributed by atoms with van der Waals surface area (Å²) in [5.41, 5.74) is 2.54. The van der Waals surface area contributed by atoms with Crippen LogP contribution in [-0.4, -0.2) is 5.78 Å². The topological polar surface area (TPSA) is 43.4 Å². The summed E-state index contributed by atoms with van der Waals surface area (Å²) in [7, 11) is 0. The Morgan fingerprint density at radius 1 is 0.810 bits per heavy atom. The fourth-order valence-corrected chi connectivity index (χ4v) is 2.49. The molecular formula is C18H12O3. The fraction of sp³-hybridized carbons (Fsp3) is 0.0556. The van der Waals surface area contributed by atoms with Gasteiger partial charge in [-0.05, 0) is 37.3 Å². The van der Waals surface area contributed by atoms with Crippen LogP contribution in [0, 0.1) is 6.92 Å². The third-order valence-corrected chi connectivity index (χ3v) is 3.54. The Balaban J connectivity index is 1.81. The van der Waals surface area contributed by atoms with Crippen LogP contribution in [0.25, 0.3) is 21.9 Å². The van der Waals surface area contributed by atoms with Gasteiger partial charge in [0.05, 0.1) is 0 Å². The number of aryl methyl sites for hydroxylation is 1. The predicted molar refractivity (Wildman–Crippen MR) is 80.6 cm³/mol. The molecule has 2 heterocycles. The lowest BCUT2D eigenvalue weighted by Crippen LogP contribution is -1.96. The molecule has 0 N–H and O–H groups in total. The number of ketones is 1. The summed E-state index contributed by atoms with van der Waals surface area (Å²) in [4.78, 5) is 12.5. The molecule has 0 spiro atoms. The van der Waals surface area contributed by atoms with Crippen LogP contribution in [0.15, 0.2) is 63.4 Å². The van der Waals surface area contributed by atoms with Gasteiger partial charge in [0.15, 0.2) is 11.5 Å². The van der Waals surface area contributed by atoms with Gasteiger partial charge >= 0.3 is 0 Å². The lowest BCUT2D eigenvalue weighted by molar-refractivity contribution is 0.0987. The van der Waals surface area contributed by atoms with Crippen LogP contribution in [0.1, 0.15) is 21.9 Å². The number of hydrogen-bond donors (Lipinski definition) is 0. The molecule has 0 aliphatic carbocycles. The van der Waals surface area contributed by atoms with E-state index in [-0.39, 0.29) is 5.78 Å². The minimum atomic E-state index is -0.236. The second kappa shape index (κ2) is 4.35. The summed E-state index contributed by atoms with van der Waals surface area (Å²) in [5.74, 6) is 0.363. The van der Waals surface area contributed by atoms with Gasteiger partial charge in [0, 0.05) is 10.8 Å². The van der Waals surface area contributed by atoms with Gasteiger partial charge < -0.3 is 8.83 Å². The maximum Gasteiger partial charge on any atom is 0.263 e. The molecule has 0 saturated heterocycles. The van der Waals surface area contributed by atoms with Gasteiger partial charge in [-0.15, -0.1) is 0 Å². The molecule has 0 amide bonds. The number of fused-ring (bicyclic) bond motifs is 2. The highest BCUT2D eigenvalue weighted by atomic mass is 16.4. The SMILES string of the molecule is Cc1ccc2oc(C(=O)c3cc4ccccc4o3)cc2c1. The van der Waals surface area contributed by atoms with Gasteiger partial charge in [0.2, 0.25) is 0 Å². The zero-order chi connectivity index (χ0) is 14.4. The highest BCUT2D eigenvalue weighted by Gasteiger charge is 2.18. The molecule has 102 valence electrons. The third kappa shape index (κ3) is 1.94. The van der Waals surface area contributed by atoms with Gasteiger partial charge in [-0.2, -0.15) is 0 Å². The molecule has 21 heavy (non-hydrogen) atoms. The first kappa shape index (κ1) is 12.0. The van der Waals surface area contributed by atoms with Gasteiger partial charge in [-0.25, -0.2) is 0 Å². The normalized spacial score (nSPS) is 11.3. The maximum absolute atomic E-state index is 12.5. The zero-order valence-corrected chi connectivity index (χ0v) is 11.4. The molecule has 0 atom stereocenters. The van der Waals surface area contributed by atoms with E-state index >= 15 is 0 Å². The van der Waals surface area contributed by atoms with Crippen molar-refractivity contribution in [3.63, 3.8) is 0 Å². The second-order valence-electron chi connectivity index (χ2n) is 5.13. The van der Waals surface area contributed by atoms with E-state index in [4.69, 9.17) is 8.83 Å². The van der Waals surface area contributed by atoms with Crippen molar-refractivity contribution >= 4 is 27.7 Å². The third-order valence-electron chi connectivity index (χ3n) is 3.54. The Hall–Kier alpha value is -2.81. The molecular weight excluding hydrogens is 264 g/mol. The maximum atomic E-state index is 12.5. The second-order valence-corrected chi connectivity index (χ2v) is 5.13. The molecule has 3 heteroatoms. The number of hydrogen-bond acceptors (Lipinski definition) is 3. The van der Waals surface area contributed by atoms with Gasteiger partial charge in [-0.1, -0.05) is 29.8 Å². The minimum absolute atomic E-state index is 0.236. The lowest BCUT2D eigenvalue weighted by Gasteiger charge is -1.91. The number of carbonyl (C=O) groups is 1. The molecule has 0 saturated carbocycles. The molecule has 3 nitrogen and oxygen atoms in total. The lowest BCUT2D eigenvalue weighted by atomic mass is 10.1. The van der Waals surface area contributed by atoms with Crippen LogP contribution < -0.4 is 0 Å². The number of carbonyl (C=O) groups excluding carboxylic acids is 1. The number of benzene rings is 2. The summed E-state index contributed by atoms with van der Waals surface area (Å²) in [6.07, 6.45) is 0. The van der Waals surface area contributed by atoms with Crippen molar-refractivity contribution in [2.75, 3.05) is 0 Å². The molecule has 0 aliphatic heterocycles. The smallest absolute Gasteiger partial charge is 0.263 e. The Bertz CT molecular complexity index is 939. The Morgan fingerprint density at radius 2 is 1.48 bits per heavy atom. The Kier molecular flexibility index (Phi) is 2.48. The van der Waals surface area contributed by atoms with E-state index in [9.17, 15) is 4.79 Å². The van der Waals surface area contributed by atoms with E-state index in [1.165, 1.54) is 0 Å². The first-order chi connectivity index (χ1) is 10.2. The first-order valence-corrected chi connectivity index (χ1v) is 6.74. The molecule has 0 radical (unpaired) electrons. The number of rotatable bonds is 2. The van der Waals surface area contributed by atoms with Crippen LogP contribution in [0.5, 0.6) is 0 Å². The fourth-order valence-electron chi connectivity index (χ4n) is 2.49. The van der Waals surface area contributed by atoms with Crippen molar-refractivity contribution in [1.82, 2.24) is 0 Å². The summed E-state index contributed by atoms with van der Waals surface area (Å²) in [6, 6.07) is 16.9. The largest absolute Gasteiger partial charge is 0.452 e. The summed E-state index contributed by atoms with van der Waals surface area (Å²) < 4.78 is 11.2. The minimum Gasteiger partial charge on any atom is -0.452 e. The standard InChI is InChI=1S/C18H12O3/c1-11-6-7-15-13(8-11)10-17(21-15)18(19)16-9-12-4-2-3-5-14(12)20-16/h2-10H,1H3. The van der Waals surface area contributed by atoms with Crippen molar-refractivity contribution < 1.29 is 13.6 Å². The summed E-state index contributed by atoms with van der Waals surface area (Å²) >= 11 is 0. The van der Waals surface area contributed by atoms with E-state index in [1.807, 2.05) is 49.4 Å². The van der Waals surface area contributed by atoms with Crippen molar-refractivity contribution in [2.45, 2.75) is 6.92 Å². The highest BCUT2D eigenvalue weighted by molar-refractivity contribution is 6.09. The van der Waals surface area contributed by atoms with Crippen LogP contribution in [0.4, 0.5) is 0 Å². The van der Waals surface area contributed by atoms with Crippen molar-refractivity contribution in [3.8, 4) is 0 Å². The molecule has 0 fully saturated rings. The van der Waals surface area contributed by atoms with Crippen LogP contribution in [-0.2, 0) is 0 Å². The zero-order valence-electron chi connectivity index (χ0n) is 11.4. The average molecular weight is 276 g/mol. The molecule has 0 aliphatic rings. The first-order valence-electron chi connectivity index (χ1n) is 6.74. The summed E-state index contributed by atoms with van der Waals surface area (Å²) in [5, 5.41) is 1.84. The van der Waals surface area contributed by atoms with Gasteiger partial charge in [0.1, 0.15) is 11.2 Å². The molecule has 4 aromatic rings. The molecule has 2 aromatic heterocycles. The van der Waals surface area contributed by atoms with E-state index in [2.05, 4.69) is 0 Å². The van der Waals surface area contributed by atoms with E-state index in [1.54, 1.807) is 12.1 Å². The average Bonchev–Trinajstić information content (AvgIpc) is 3.09. The molecule has 0 unspecified atom stereocenters. The highest BCUT2D eigenvalue weighted by Crippen LogP contribution is 2.25. The molecule has 4 rings (SSSR count). The van der Waals surface area contributed by atoms with Crippen molar-refractivity contribution in [3.05, 3.63) is 71.7 Å². The van der Waals surface area contributed by atoms with Crippen molar-refractivity contribution in [1.29, 1.82) is 0 Å². The van der Waals surface area contributed by atoms with Gasteiger partial charge in [0.25, 0.3) is 5.78 Å². The number of furan rings is 2. The predicted octanol–water partition coefficient (Wildman–Crippen LogP) is 4.72. The Morgan fingerprint density at radius 3 is 2.24 bits per heavy atom. The van der Waals surface area contributed by atoms with E-state index in [0.29, 0.717) is 22.7 Å². The van der Waals surface area contributed by atoms with Crippen molar-refractivity contribution in [2.24, 2.45) is 0 Å². The molecule has 2 aromatic carbocycles. The Labute approximate surface area is 120 Å². The van der Waals surface area contributed by atoms with Crippen LogP contribution in [0.2, 0.25) is 0 Å². The monoisotopic (exact) mass is 276 g/mol. The molecule has 0 bridgehead atoms. The van der Waals surface area contributed by atoms with Crippen LogP contribution in [0.3, 0.4) is 0 Å². The number of para-hydroxylation sites is 1. The summed E-state index contributed by atoms with van der Waals surface area (Å²) in [6.45, 7) is 2.01. The van der Waals surface area contributed by atoms with Crippen LogP contribution >= 0.6 is 0 Å². The quantitative estimate of drug-likeness (QED) is 0.497. The van der Waals surface area contributed by atoms with E-state index in [0.717, 1.165) is 16.3 Å². The van der Waals surface area contributed by atoms with E-state index < -0.39 is 0 Å². The van der Waals surface area contributed by atoms with Gasteiger partial charge in [-0.3, -0.25) is 4.79 Å².